The molecule has 0 aromatic heterocycles. The molecule has 0 aliphatic heterocycles. The number of hydrogen-bond donors (Lipinski definition) is 0. The molecule has 0 saturated heterocycles. The van der Waals surface area contributed by atoms with Gasteiger partial charge in [0.1, 0.15) is 12.4 Å². The smallest absolute Gasteiger partial charge is 0.168 e. The van der Waals surface area contributed by atoms with Crippen molar-refractivity contribution in [3.63, 3.8) is 0 Å². The van der Waals surface area contributed by atoms with Crippen LogP contribution < -0.4 is 9.47 Å². The molecule has 1 fully saturated rings. The molecule has 0 spiro atoms. The standard InChI is InChI=1S/C30H33F3O2/c1-3-4-17-34-24-13-16-28(27(31)18-24)35-19-21-7-11-23(12-8-21)26-15-14-25(29(32)30(26)33)22-9-5-20(2)6-10-22/h7-8,11-16,18,20,22H,3-6,9-10,17,19H2,1-2H3. The second kappa shape index (κ2) is 11.7. The van der Waals surface area contributed by atoms with Gasteiger partial charge in [-0.3, -0.25) is 0 Å². The predicted octanol–water partition coefficient (Wildman–Crippen LogP) is 8.82. The van der Waals surface area contributed by atoms with Gasteiger partial charge < -0.3 is 9.47 Å². The van der Waals surface area contributed by atoms with Crippen LogP contribution in [0, 0.1) is 23.4 Å². The summed E-state index contributed by atoms with van der Waals surface area (Å²) < 4.78 is 55.4. The minimum absolute atomic E-state index is 0.0895. The first-order valence-corrected chi connectivity index (χ1v) is 12.6. The van der Waals surface area contributed by atoms with Gasteiger partial charge in [-0.2, -0.15) is 0 Å². The highest BCUT2D eigenvalue weighted by molar-refractivity contribution is 5.65. The molecular formula is C30H33F3O2. The highest BCUT2D eigenvalue weighted by atomic mass is 19.2. The van der Waals surface area contributed by atoms with Gasteiger partial charge in [0.15, 0.2) is 23.2 Å². The molecular weight excluding hydrogens is 449 g/mol. The third kappa shape index (κ3) is 6.19. The molecule has 1 saturated carbocycles. The van der Waals surface area contributed by atoms with Crippen LogP contribution >= 0.6 is 0 Å². The van der Waals surface area contributed by atoms with E-state index in [-0.39, 0.29) is 23.8 Å². The van der Waals surface area contributed by atoms with Crippen LogP contribution in [0.4, 0.5) is 13.2 Å². The third-order valence-corrected chi connectivity index (χ3v) is 6.90. The number of rotatable bonds is 9. The molecule has 4 rings (SSSR count). The summed E-state index contributed by atoms with van der Waals surface area (Å²) in [6, 6.07) is 15.0. The van der Waals surface area contributed by atoms with Crippen molar-refractivity contribution in [1.82, 2.24) is 0 Å². The molecule has 1 aliphatic rings. The molecule has 5 heteroatoms. The van der Waals surface area contributed by atoms with Crippen LogP contribution in [-0.4, -0.2) is 6.61 Å². The maximum atomic E-state index is 15.0. The SMILES string of the molecule is CCCCOc1ccc(OCc2ccc(-c3ccc(C4CCC(C)CC4)c(F)c3F)cc2)c(F)c1. The fourth-order valence-electron chi connectivity index (χ4n) is 4.64. The van der Waals surface area contributed by atoms with Crippen LogP contribution in [0.1, 0.15) is 69.4 Å². The van der Waals surface area contributed by atoms with Crippen molar-refractivity contribution in [3.8, 4) is 22.6 Å². The molecule has 0 N–H and O–H groups in total. The summed E-state index contributed by atoms with van der Waals surface area (Å²) in [7, 11) is 0. The first-order valence-electron chi connectivity index (χ1n) is 12.6. The van der Waals surface area contributed by atoms with Gasteiger partial charge in [0.25, 0.3) is 0 Å². The highest BCUT2D eigenvalue weighted by Crippen LogP contribution is 2.38. The quantitative estimate of drug-likeness (QED) is 0.284. The van der Waals surface area contributed by atoms with Crippen LogP contribution in [0.15, 0.2) is 54.6 Å². The Bertz CT molecular complexity index is 1120. The van der Waals surface area contributed by atoms with Gasteiger partial charge in [-0.05, 0) is 59.9 Å². The summed E-state index contributed by atoms with van der Waals surface area (Å²) in [5, 5.41) is 0. The zero-order valence-electron chi connectivity index (χ0n) is 20.5. The summed E-state index contributed by atoms with van der Waals surface area (Å²) >= 11 is 0. The highest BCUT2D eigenvalue weighted by Gasteiger charge is 2.25. The Morgan fingerprint density at radius 1 is 0.829 bits per heavy atom. The second-order valence-corrected chi connectivity index (χ2v) is 9.57. The van der Waals surface area contributed by atoms with E-state index in [0.29, 0.717) is 29.4 Å². The summed E-state index contributed by atoms with van der Waals surface area (Å²) in [6.45, 7) is 4.98. The normalized spacial score (nSPS) is 17.9. The fraction of sp³-hybridized carbons (Fsp3) is 0.400. The maximum absolute atomic E-state index is 15.0. The van der Waals surface area contributed by atoms with Gasteiger partial charge in [-0.15, -0.1) is 0 Å². The first kappa shape index (κ1) is 25.2. The Morgan fingerprint density at radius 3 is 2.26 bits per heavy atom. The van der Waals surface area contributed by atoms with Gasteiger partial charge >= 0.3 is 0 Å². The van der Waals surface area contributed by atoms with Crippen molar-refractivity contribution < 1.29 is 22.6 Å². The van der Waals surface area contributed by atoms with Crippen LogP contribution in [0.2, 0.25) is 0 Å². The fourth-order valence-corrected chi connectivity index (χ4v) is 4.64. The number of ether oxygens (including phenoxy) is 2. The lowest BCUT2D eigenvalue weighted by Crippen LogP contribution is -2.13. The molecule has 0 radical (unpaired) electrons. The lowest BCUT2D eigenvalue weighted by Gasteiger charge is -2.27. The summed E-state index contributed by atoms with van der Waals surface area (Å²) in [4.78, 5) is 0. The molecule has 0 unspecified atom stereocenters. The zero-order valence-corrected chi connectivity index (χ0v) is 20.5. The molecule has 0 heterocycles. The van der Waals surface area contributed by atoms with E-state index < -0.39 is 17.5 Å². The van der Waals surface area contributed by atoms with Crippen LogP contribution in [0.3, 0.4) is 0 Å². The Labute approximate surface area is 206 Å². The van der Waals surface area contributed by atoms with Gasteiger partial charge in [0.05, 0.1) is 6.61 Å². The van der Waals surface area contributed by atoms with Crippen molar-refractivity contribution in [1.29, 1.82) is 0 Å². The largest absolute Gasteiger partial charge is 0.493 e. The molecule has 35 heavy (non-hydrogen) atoms. The molecule has 3 aromatic carbocycles. The topological polar surface area (TPSA) is 18.5 Å². The van der Waals surface area contributed by atoms with Crippen LogP contribution in [0.25, 0.3) is 11.1 Å². The number of benzene rings is 3. The minimum Gasteiger partial charge on any atom is -0.493 e. The average molecular weight is 483 g/mol. The predicted molar refractivity (Wildman–Crippen MR) is 133 cm³/mol. The van der Waals surface area contributed by atoms with Crippen LogP contribution in [0.5, 0.6) is 11.5 Å². The van der Waals surface area contributed by atoms with E-state index in [0.717, 1.165) is 44.1 Å². The van der Waals surface area contributed by atoms with Crippen LogP contribution in [-0.2, 0) is 6.61 Å². The van der Waals surface area contributed by atoms with E-state index >= 15 is 0 Å². The molecule has 2 nitrogen and oxygen atoms in total. The molecule has 0 bridgehead atoms. The summed E-state index contributed by atoms with van der Waals surface area (Å²) in [6.07, 6.45) is 5.84. The Kier molecular flexibility index (Phi) is 8.37. The van der Waals surface area contributed by atoms with Gasteiger partial charge in [0.2, 0.25) is 0 Å². The lowest BCUT2D eigenvalue weighted by atomic mass is 9.79. The average Bonchev–Trinajstić information content (AvgIpc) is 2.86. The van der Waals surface area contributed by atoms with Crippen molar-refractivity contribution in [3.05, 3.63) is 83.2 Å². The third-order valence-electron chi connectivity index (χ3n) is 6.90. The van der Waals surface area contributed by atoms with Gasteiger partial charge in [-0.1, -0.05) is 69.5 Å². The molecule has 1 aliphatic carbocycles. The van der Waals surface area contributed by atoms with E-state index in [2.05, 4.69) is 13.8 Å². The van der Waals surface area contributed by atoms with E-state index in [4.69, 9.17) is 9.47 Å². The Morgan fingerprint density at radius 2 is 1.57 bits per heavy atom. The van der Waals surface area contributed by atoms with E-state index in [1.807, 2.05) is 0 Å². The maximum Gasteiger partial charge on any atom is 0.168 e. The Balaban J connectivity index is 1.40. The second-order valence-electron chi connectivity index (χ2n) is 9.57. The molecule has 0 atom stereocenters. The van der Waals surface area contributed by atoms with E-state index in [9.17, 15) is 13.2 Å². The van der Waals surface area contributed by atoms with Gasteiger partial charge in [0, 0.05) is 11.6 Å². The van der Waals surface area contributed by atoms with Crippen molar-refractivity contribution in [2.45, 2.75) is 64.9 Å². The molecule has 0 amide bonds. The number of halogens is 3. The Hall–Kier alpha value is -2.95. The van der Waals surface area contributed by atoms with Crippen molar-refractivity contribution in [2.75, 3.05) is 6.61 Å². The zero-order chi connectivity index (χ0) is 24.8. The van der Waals surface area contributed by atoms with Crippen molar-refractivity contribution in [2.24, 2.45) is 5.92 Å². The van der Waals surface area contributed by atoms with E-state index in [1.54, 1.807) is 48.5 Å². The monoisotopic (exact) mass is 482 g/mol. The van der Waals surface area contributed by atoms with E-state index in [1.165, 1.54) is 6.07 Å². The minimum atomic E-state index is -0.798. The summed E-state index contributed by atoms with van der Waals surface area (Å²) in [5.41, 5.74) is 2.12. The number of hydrogen-bond acceptors (Lipinski definition) is 2. The first-order chi connectivity index (χ1) is 17.0. The molecule has 186 valence electrons. The summed E-state index contributed by atoms with van der Waals surface area (Å²) in [5.74, 6) is -0.655. The number of unbranched alkanes of at least 4 members (excludes halogenated alkanes) is 1. The lowest BCUT2D eigenvalue weighted by molar-refractivity contribution is 0.284. The molecule has 3 aromatic rings. The van der Waals surface area contributed by atoms with Crippen molar-refractivity contribution >= 4 is 0 Å². The van der Waals surface area contributed by atoms with Gasteiger partial charge in [-0.25, -0.2) is 13.2 Å².